The zero-order chi connectivity index (χ0) is 21.0. The third-order valence-corrected chi connectivity index (χ3v) is 5.14. The maximum atomic E-state index is 13.0. The minimum absolute atomic E-state index is 0.0838. The quantitative estimate of drug-likeness (QED) is 0.732. The van der Waals surface area contributed by atoms with Crippen LogP contribution in [0.25, 0.3) is 0 Å². The van der Waals surface area contributed by atoms with Crippen LogP contribution in [0.15, 0.2) is 48.5 Å². The van der Waals surface area contributed by atoms with Gasteiger partial charge in [-0.15, -0.1) is 0 Å². The molecule has 29 heavy (non-hydrogen) atoms. The number of halogens is 3. The number of benzene rings is 2. The number of para-hydroxylation sites is 1. The van der Waals surface area contributed by atoms with Crippen LogP contribution in [0, 0.1) is 6.92 Å². The van der Waals surface area contributed by atoms with Crippen LogP contribution in [0.5, 0.6) is 5.75 Å². The molecular formula is C22H25F3N2O2. The van der Waals surface area contributed by atoms with Crippen molar-refractivity contribution >= 4 is 11.6 Å². The van der Waals surface area contributed by atoms with E-state index >= 15 is 0 Å². The van der Waals surface area contributed by atoms with Gasteiger partial charge < -0.3 is 14.5 Å². The number of piperazine rings is 1. The van der Waals surface area contributed by atoms with E-state index in [4.69, 9.17) is 4.74 Å². The Morgan fingerprint density at radius 2 is 1.76 bits per heavy atom. The van der Waals surface area contributed by atoms with Crippen molar-refractivity contribution < 1.29 is 22.7 Å². The van der Waals surface area contributed by atoms with Crippen LogP contribution < -0.4 is 9.64 Å². The summed E-state index contributed by atoms with van der Waals surface area (Å²) >= 11 is 0. The van der Waals surface area contributed by atoms with Crippen LogP contribution in [-0.4, -0.2) is 43.1 Å². The number of anilines is 1. The Labute approximate surface area is 168 Å². The van der Waals surface area contributed by atoms with Gasteiger partial charge >= 0.3 is 6.18 Å². The van der Waals surface area contributed by atoms with Crippen molar-refractivity contribution in [3.05, 3.63) is 59.7 Å². The third-order valence-electron chi connectivity index (χ3n) is 5.14. The van der Waals surface area contributed by atoms with Crippen molar-refractivity contribution in [1.29, 1.82) is 0 Å². The summed E-state index contributed by atoms with van der Waals surface area (Å²) in [6, 6.07) is 12.9. The lowest BCUT2D eigenvalue weighted by molar-refractivity contribution is -0.139. The molecule has 1 atom stereocenters. The van der Waals surface area contributed by atoms with Gasteiger partial charge in [-0.3, -0.25) is 4.79 Å². The van der Waals surface area contributed by atoms with Gasteiger partial charge in [-0.1, -0.05) is 31.2 Å². The first-order valence-corrected chi connectivity index (χ1v) is 9.73. The van der Waals surface area contributed by atoms with E-state index in [9.17, 15) is 18.0 Å². The molecule has 0 saturated carbocycles. The Morgan fingerprint density at radius 1 is 1.07 bits per heavy atom. The normalized spacial score (nSPS) is 15.9. The second kappa shape index (κ2) is 8.76. The molecular weight excluding hydrogens is 381 g/mol. The second-order valence-corrected chi connectivity index (χ2v) is 7.14. The molecule has 1 fully saturated rings. The van der Waals surface area contributed by atoms with E-state index in [1.165, 1.54) is 6.07 Å². The fraction of sp³-hybridized carbons (Fsp3) is 0.409. The Balaban J connectivity index is 1.62. The van der Waals surface area contributed by atoms with Crippen molar-refractivity contribution in [3.63, 3.8) is 0 Å². The van der Waals surface area contributed by atoms with E-state index in [0.29, 0.717) is 44.0 Å². The number of ether oxygens (including phenoxy) is 1. The fourth-order valence-corrected chi connectivity index (χ4v) is 3.42. The summed E-state index contributed by atoms with van der Waals surface area (Å²) in [7, 11) is 0. The summed E-state index contributed by atoms with van der Waals surface area (Å²) in [5, 5.41) is 0. The molecule has 1 saturated heterocycles. The topological polar surface area (TPSA) is 32.8 Å². The van der Waals surface area contributed by atoms with Crippen molar-refractivity contribution in [1.82, 2.24) is 4.90 Å². The molecule has 0 aromatic heterocycles. The maximum Gasteiger partial charge on any atom is 0.416 e. The Kier molecular flexibility index (Phi) is 6.35. The van der Waals surface area contributed by atoms with Crippen molar-refractivity contribution in [3.8, 4) is 5.75 Å². The average molecular weight is 406 g/mol. The number of hydrogen-bond donors (Lipinski definition) is 0. The monoisotopic (exact) mass is 406 g/mol. The molecule has 3 rings (SSSR count). The summed E-state index contributed by atoms with van der Waals surface area (Å²) in [6.07, 6.45) is -4.40. The largest absolute Gasteiger partial charge is 0.480 e. The lowest BCUT2D eigenvalue weighted by atomic mass is 10.1. The highest BCUT2D eigenvalue weighted by atomic mass is 19.4. The van der Waals surface area contributed by atoms with Crippen molar-refractivity contribution in [2.24, 2.45) is 0 Å². The number of alkyl halides is 3. The number of hydrogen-bond acceptors (Lipinski definition) is 3. The van der Waals surface area contributed by atoms with E-state index in [0.717, 1.165) is 17.7 Å². The van der Waals surface area contributed by atoms with Crippen LogP contribution >= 0.6 is 0 Å². The van der Waals surface area contributed by atoms with Crippen LogP contribution in [0.1, 0.15) is 24.5 Å². The zero-order valence-electron chi connectivity index (χ0n) is 16.6. The molecule has 1 amide bonds. The van der Waals surface area contributed by atoms with E-state index in [1.807, 2.05) is 43.0 Å². The molecule has 7 heteroatoms. The highest BCUT2D eigenvalue weighted by Crippen LogP contribution is 2.32. The summed E-state index contributed by atoms with van der Waals surface area (Å²) < 4.78 is 44.8. The molecule has 1 heterocycles. The van der Waals surface area contributed by atoms with Gasteiger partial charge in [0.25, 0.3) is 5.91 Å². The molecule has 1 aliphatic heterocycles. The molecule has 2 aromatic carbocycles. The number of rotatable bonds is 5. The Hall–Kier alpha value is -2.70. The predicted molar refractivity (Wildman–Crippen MR) is 106 cm³/mol. The van der Waals surface area contributed by atoms with Gasteiger partial charge in [0.2, 0.25) is 0 Å². The molecule has 2 aromatic rings. The lowest BCUT2D eigenvalue weighted by Gasteiger charge is -2.37. The highest BCUT2D eigenvalue weighted by molar-refractivity contribution is 5.81. The van der Waals surface area contributed by atoms with Gasteiger partial charge in [0, 0.05) is 31.9 Å². The predicted octanol–water partition coefficient (Wildman–Crippen LogP) is 4.52. The average Bonchev–Trinajstić information content (AvgIpc) is 2.72. The summed E-state index contributed by atoms with van der Waals surface area (Å²) in [5.74, 6) is 0.606. The zero-order valence-corrected chi connectivity index (χ0v) is 16.6. The molecule has 156 valence electrons. The maximum absolute atomic E-state index is 13.0. The minimum atomic E-state index is -4.37. The Bertz CT molecular complexity index is 846. The number of amides is 1. The summed E-state index contributed by atoms with van der Waals surface area (Å²) in [6.45, 7) is 5.69. The van der Waals surface area contributed by atoms with Gasteiger partial charge in [-0.25, -0.2) is 0 Å². The lowest BCUT2D eigenvalue weighted by Crippen LogP contribution is -2.52. The fourth-order valence-electron chi connectivity index (χ4n) is 3.42. The molecule has 1 unspecified atom stereocenters. The number of nitrogens with zero attached hydrogens (tertiary/aromatic N) is 2. The number of carbonyl (C=O) groups is 1. The van der Waals surface area contributed by atoms with Gasteiger partial charge in [-0.2, -0.15) is 13.2 Å². The second-order valence-electron chi connectivity index (χ2n) is 7.14. The van der Waals surface area contributed by atoms with Gasteiger partial charge in [0.1, 0.15) is 5.75 Å². The first kappa shape index (κ1) is 21.0. The smallest absolute Gasteiger partial charge is 0.416 e. The van der Waals surface area contributed by atoms with Crippen molar-refractivity contribution in [2.75, 3.05) is 31.1 Å². The summed E-state index contributed by atoms with van der Waals surface area (Å²) in [4.78, 5) is 16.5. The Morgan fingerprint density at radius 3 is 2.38 bits per heavy atom. The van der Waals surface area contributed by atoms with Gasteiger partial charge in [0.05, 0.1) is 5.56 Å². The first-order chi connectivity index (χ1) is 13.8. The van der Waals surface area contributed by atoms with Crippen LogP contribution in [0.3, 0.4) is 0 Å². The molecule has 1 aliphatic rings. The molecule has 0 bridgehead atoms. The molecule has 0 aliphatic carbocycles. The van der Waals surface area contributed by atoms with E-state index in [1.54, 1.807) is 11.0 Å². The first-order valence-electron chi connectivity index (χ1n) is 9.73. The minimum Gasteiger partial charge on any atom is -0.480 e. The molecule has 0 N–H and O–H groups in total. The van der Waals surface area contributed by atoms with Crippen molar-refractivity contribution in [2.45, 2.75) is 32.5 Å². The summed E-state index contributed by atoms with van der Waals surface area (Å²) in [5.41, 5.74) is 0.828. The van der Waals surface area contributed by atoms with E-state index in [-0.39, 0.29) is 5.91 Å². The standard InChI is InChI=1S/C22H25F3N2O2/c1-3-19(29-20-10-5-4-7-16(20)2)21(28)27-13-11-26(12-14-27)18-9-6-8-17(15-18)22(23,24)25/h4-10,15,19H,3,11-14H2,1-2H3. The molecule has 0 radical (unpaired) electrons. The molecule has 4 nitrogen and oxygen atoms in total. The number of aryl methyl sites for hydroxylation is 1. The number of carbonyl (C=O) groups excluding carboxylic acids is 1. The SMILES string of the molecule is CCC(Oc1ccccc1C)C(=O)N1CCN(c2cccc(C(F)(F)F)c2)CC1. The van der Waals surface area contributed by atoms with Gasteiger partial charge in [-0.05, 0) is 43.2 Å². The molecule has 0 spiro atoms. The van der Waals surface area contributed by atoms with E-state index in [2.05, 4.69) is 0 Å². The van der Waals surface area contributed by atoms with Gasteiger partial charge in [0.15, 0.2) is 6.10 Å². The van der Waals surface area contributed by atoms with Crippen LogP contribution in [0.2, 0.25) is 0 Å². The third kappa shape index (κ3) is 5.02. The van der Waals surface area contributed by atoms with Crippen LogP contribution in [0.4, 0.5) is 18.9 Å². The van der Waals surface area contributed by atoms with Crippen LogP contribution in [-0.2, 0) is 11.0 Å². The highest BCUT2D eigenvalue weighted by Gasteiger charge is 2.32. The van der Waals surface area contributed by atoms with E-state index < -0.39 is 17.8 Å².